The lowest BCUT2D eigenvalue weighted by Gasteiger charge is -2.39. The molecule has 2 amide bonds. The van der Waals surface area contributed by atoms with Crippen LogP contribution in [0.15, 0.2) is 12.7 Å². The molecule has 0 spiro atoms. The van der Waals surface area contributed by atoms with Crippen molar-refractivity contribution >= 4 is 6.03 Å². The number of amides is 2. The Balaban J connectivity index is 2.71. The molecule has 0 atom stereocenters. The minimum Gasteiger partial charge on any atom is -0.347 e. The van der Waals surface area contributed by atoms with Gasteiger partial charge in [-0.05, 0) is 0 Å². The van der Waals surface area contributed by atoms with Gasteiger partial charge in [-0.1, -0.05) is 6.08 Å². The van der Waals surface area contributed by atoms with Crippen LogP contribution >= 0.6 is 0 Å². The van der Waals surface area contributed by atoms with Gasteiger partial charge in [-0.3, -0.25) is 5.32 Å². The van der Waals surface area contributed by atoms with Gasteiger partial charge >= 0.3 is 6.03 Å². The first kappa shape index (κ1) is 11.1. The molecule has 0 saturated carbocycles. The Morgan fingerprint density at radius 2 is 2.21 bits per heavy atom. The maximum Gasteiger partial charge on any atom is 0.422 e. The number of aliphatic hydroxyl groups is 2. The van der Waals surface area contributed by atoms with Crippen LogP contribution in [0.4, 0.5) is 4.79 Å². The molecule has 0 aromatic heterocycles. The Labute approximate surface area is 82.6 Å². The summed E-state index contributed by atoms with van der Waals surface area (Å²) in [5.41, 5.74) is 0. The Morgan fingerprint density at radius 1 is 1.57 bits per heavy atom. The fourth-order valence-corrected chi connectivity index (χ4v) is 1.41. The van der Waals surface area contributed by atoms with E-state index in [0.717, 1.165) is 0 Å². The van der Waals surface area contributed by atoms with Crippen molar-refractivity contribution in [3.8, 4) is 0 Å². The number of hydrogen-bond donors (Lipinski definition) is 3. The summed E-state index contributed by atoms with van der Waals surface area (Å²) in [6.07, 6.45) is 1.71. The lowest BCUT2D eigenvalue weighted by Crippen LogP contribution is -2.68. The number of aliphatic hydroxyl groups excluding tert-OH is 2. The van der Waals surface area contributed by atoms with Crippen LogP contribution in [0.5, 0.6) is 0 Å². The zero-order valence-electron chi connectivity index (χ0n) is 8.02. The van der Waals surface area contributed by atoms with Crippen LogP contribution in [0.2, 0.25) is 0 Å². The molecule has 6 heteroatoms. The van der Waals surface area contributed by atoms with Gasteiger partial charge in [-0.15, -0.1) is 6.58 Å². The monoisotopic (exact) mass is 202 g/mol. The van der Waals surface area contributed by atoms with E-state index in [-0.39, 0.29) is 10.5 Å². The van der Waals surface area contributed by atoms with Crippen molar-refractivity contribution in [1.29, 1.82) is 0 Å². The molecule has 80 valence electrons. The predicted octanol–water partition coefficient (Wildman–Crippen LogP) is -1.17. The summed E-state index contributed by atoms with van der Waals surface area (Å²) >= 11 is 0. The SMILES string of the molecule is C=CCN1CNC(=O)[N+](CO)(CO)C1. The van der Waals surface area contributed by atoms with Gasteiger partial charge in [0.05, 0.1) is 6.67 Å². The lowest BCUT2D eigenvalue weighted by molar-refractivity contribution is -0.901. The summed E-state index contributed by atoms with van der Waals surface area (Å²) in [6, 6.07) is -0.352. The van der Waals surface area contributed by atoms with E-state index in [9.17, 15) is 4.79 Å². The third kappa shape index (κ3) is 1.93. The maximum absolute atomic E-state index is 11.4. The Hall–Kier alpha value is -0.950. The number of nitrogens with zero attached hydrogens (tertiary/aromatic N) is 2. The number of quaternary nitrogens is 1. The summed E-state index contributed by atoms with van der Waals surface area (Å²) in [6.45, 7) is 4.10. The first-order chi connectivity index (χ1) is 6.68. The van der Waals surface area contributed by atoms with Gasteiger partial charge in [0, 0.05) is 6.54 Å². The molecule has 1 heterocycles. The van der Waals surface area contributed by atoms with E-state index in [1.807, 2.05) is 4.90 Å². The molecule has 3 N–H and O–H groups in total. The second kappa shape index (κ2) is 4.52. The van der Waals surface area contributed by atoms with Crippen molar-refractivity contribution in [2.75, 3.05) is 33.3 Å². The molecular weight excluding hydrogens is 186 g/mol. The quantitative estimate of drug-likeness (QED) is 0.397. The van der Waals surface area contributed by atoms with E-state index in [0.29, 0.717) is 19.9 Å². The van der Waals surface area contributed by atoms with Gasteiger partial charge < -0.3 is 10.2 Å². The van der Waals surface area contributed by atoms with Crippen LogP contribution in [-0.4, -0.2) is 59.0 Å². The van der Waals surface area contributed by atoms with Crippen molar-refractivity contribution in [3.05, 3.63) is 12.7 Å². The number of carbonyl (C=O) groups excluding carboxylic acids is 1. The Kier molecular flexibility index (Phi) is 3.59. The van der Waals surface area contributed by atoms with Crippen LogP contribution in [0.1, 0.15) is 0 Å². The van der Waals surface area contributed by atoms with Crippen LogP contribution < -0.4 is 5.32 Å². The van der Waals surface area contributed by atoms with Gasteiger partial charge in [0.2, 0.25) is 0 Å². The number of hydrogen-bond acceptors (Lipinski definition) is 4. The fourth-order valence-electron chi connectivity index (χ4n) is 1.41. The number of rotatable bonds is 4. The average molecular weight is 202 g/mol. The first-order valence-electron chi connectivity index (χ1n) is 4.38. The van der Waals surface area contributed by atoms with Crippen LogP contribution in [-0.2, 0) is 0 Å². The highest BCUT2D eigenvalue weighted by Gasteiger charge is 2.40. The molecule has 0 aromatic carbocycles. The summed E-state index contributed by atoms with van der Waals surface area (Å²) in [4.78, 5) is 13.3. The van der Waals surface area contributed by atoms with Crippen molar-refractivity contribution < 1.29 is 19.5 Å². The molecule has 1 aliphatic heterocycles. The number of nitrogens with one attached hydrogen (secondary N) is 1. The van der Waals surface area contributed by atoms with Crippen LogP contribution in [0, 0.1) is 0 Å². The Bertz CT molecular complexity index is 228. The molecular formula is C8H16N3O3+. The predicted molar refractivity (Wildman–Crippen MR) is 49.6 cm³/mol. The maximum atomic E-state index is 11.4. The number of urea groups is 1. The topological polar surface area (TPSA) is 72.8 Å². The van der Waals surface area contributed by atoms with E-state index >= 15 is 0 Å². The summed E-state index contributed by atoms with van der Waals surface area (Å²) in [7, 11) is 0. The zero-order chi connectivity index (χ0) is 10.6. The molecule has 0 bridgehead atoms. The lowest BCUT2D eigenvalue weighted by atomic mass is 10.4. The largest absolute Gasteiger partial charge is 0.422 e. The summed E-state index contributed by atoms with van der Waals surface area (Å²) in [5.74, 6) is 0. The Morgan fingerprint density at radius 3 is 2.71 bits per heavy atom. The minimum absolute atomic E-state index is 0.296. The third-order valence-electron chi connectivity index (χ3n) is 2.28. The summed E-state index contributed by atoms with van der Waals surface area (Å²) in [5, 5.41) is 20.8. The highest BCUT2D eigenvalue weighted by atomic mass is 16.3. The smallest absolute Gasteiger partial charge is 0.347 e. The van der Waals surface area contributed by atoms with E-state index in [1.165, 1.54) is 0 Å². The third-order valence-corrected chi connectivity index (χ3v) is 2.28. The molecule has 6 nitrogen and oxygen atoms in total. The fraction of sp³-hybridized carbons (Fsp3) is 0.625. The van der Waals surface area contributed by atoms with Crippen molar-refractivity contribution in [2.45, 2.75) is 0 Å². The van der Waals surface area contributed by atoms with Crippen LogP contribution in [0.25, 0.3) is 0 Å². The van der Waals surface area contributed by atoms with Crippen molar-refractivity contribution in [1.82, 2.24) is 10.2 Å². The highest BCUT2D eigenvalue weighted by Crippen LogP contribution is 2.11. The van der Waals surface area contributed by atoms with Gasteiger partial charge in [0.1, 0.15) is 6.67 Å². The first-order valence-corrected chi connectivity index (χ1v) is 4.38. The molecule has 1 rings (SSSR count). The van der Waals surface area contributed by atoms with Crippen molar-refractivity contribution in [2.24, 2.45) is 0 Å². The molecule has 1 aliphatic rings. The molecule has 0 aromatic rings. The normalized spacial score (nSPS) is 21.7. The zero-order valence-corrected chi connectivity index (χ0v) is 8.02. The van der Waals surface area contributed by atoms with Gasteiger partial charge in [0.25, 0.3) is 0 Å². The molecule has 1 fully saturated rings. The van der Waals surface area contributed by atoms with E-state index in [2.05, 4.69) is 11.9 Å². The second-order valence-corrected chi connectivity index (χ2v) is 3.35. The molecule has 0 unspecified atom stereocenters. The van der Waals surface area contributed by atoms with Gasteiger partial charge in [-0.25, -0.2) is 9.69 Å². The van der Waals surface area contributed by atoms with E-state index < -0.39 is 13.5 Å². The van der Waals surface area contributed by atoms with E-state index in [4.69, 9.17) is 10.2 Å². The van der Waals surface area contributed by atoms with Gasteiger partial charge in [-0.2, -0.15) is 4.48 Å². The molecule has 0 aliphatic carbocycles. The molecule has 1 saturated heterocycles. The van der Waals surface area contributed by atoms with Crippen LogP contribution in [0.3, 0.4) is 0 Å². The van der Waals surface area contributed by atoms with Crippen molar-refractivity contribution in [3.63, 3.8) is 0 Å². The van der Waals surface area contributed by atoms with Gasteiger partial charge in [0.15, 0.2) is 13.5 Å². The molecule has 14 heavy (non-hydrogen) atoms. The second-order valence-electron chi connectivity index (χ2n) is 3.35. The average Bonchev–Trinajstić information content (AvgIpc) is 2.22. The summed E-state index contributed by atoms with van der Waals surface area (Å²) < 4.78 is -0.381. The highest BCUT2D eigenvalue weighted by molar-refractivity contribution is 5.67. The van der Waals surface area contributed by atoms with E-state index in [1.54, 1.807) is 6.08 Å². The minimum atomic E-state index is -0.407. The number of carbonyl (C=O) groups is 1. The standard InChI is InChI=1S/C8H15N3O3/c1-2-3-10-4-9-8(14)11(5-10,6-12)7-13/h2,12-13H,1,3-7H2/p+1. The molecule has 0 radical (unpaired) electrons.